The van der Waals surface area contributed by atoms with Crippen molar-refractivity contribution in [2.75, 3.05) is 39.3 Å². The number of halogens is 1. The van der Waals surface area contributed by atoms with E-state index in [1.165, 1.54) is 6.07 Å². The van der Waals surface area contributed by atoms with Gasteiger partial charge in [-0.05, 0) is 12.1 Å². The molecule has 1 amide bonds. The number of nitrogens with two attached hydrogens (primary N) is 1. The van der Waals surface area contributed by atoms with Gasteiger partial charge in [0.15, 0.2) is 0 Å². The molecule has 0 spiro atoms. The Morgan fingerprint density at radius 2 is 2.00 bits per heavy atom. The summed E-state index contributed by atoms with van der Waals surface area (Å²) in [5.74, 6) is -0.944. The number of piperazine rings is 1. The minimum atomic E-state index is -0.594. The van der Waals surface area contributed by atoms with E-state index in [9.17, 15) is 9.18 Å². The molecule has 0 unspecified atom stereocenters. The van der Waals surface area contributed by atoms with E-state index >= 15 is 0 Å². The molecule has 0 saturated carbocycles. The molecule has 114 valence electrons. The third-order valence-electron chi connectivity index (χ3n) is 4.41. The number of amides is 1. The zero-order chi connectivity index (χ0) is 14.8. The van der Waals surface area contributed by atoms with Crippen LogP contribution < -0.4 is 11.1 Å². The minimum absolute atomic E-state index is 0.221. The Hall–Kier alpha value is -1.50. The van der Waals surface area contributed by atoms with Crippen LogP contribution in [0, 0.1) is 5.82 Å². The van der Waals surface area contributed by atoms with Gasteiger partial charge in [-0.1, -0.05) is 6.07 Å². The predicted molar refractivity (Wildman–Crippen MR) is 78.4 cm³/mol. The molecule has 1 aromatic rings. The molecule has 0 bridgehead atoms. The molecule has 2 aliphatic heterocycles. The topological polar surface area (TPSA) is 61.6 Å². The van der Waals surface area contributed by atoms with E-state index in [0.29, 0.717) is 18.2 Å². The first-order valence-electron chi connectivity index (χ1n) is 7.39. The molecule has 2 saturated heterocycles. The van der Waals surface area contributed by atoms with Crippen molar-refractivity contribution in [1.29, 1.82) is 0 Å². The summed E-state index contributed by atoms with van der Waals surface area (Å²) in [6.45, 7) is 6.73. The Balaban J connectivity index is 1.56. The number of nitrogens with zero attached hydrogens (tertiary/aromatic N) is 2. The summed E-state index contributed by atoms with van der Waals surface area (Å²) < 4.78 is 14.0. The Morgan fingerprint density at radius 1 is 1.29 bits per heavy atom. The van der Waals surface area contributed by atoms with Gasteiger partial charge in [-0.25, -0.2) is 4.39 Å². The Kier molecular flexibility index (Phi) is 4.19. The lowest BCUT2D eigenvalue weighted by molar-refractivity contribution is 0.0691. The normalized spacial score (nSPS) is 21.2. The van der Waals surface area contributed by atoms with Gasteiger partial charge in [0.25, 0.3) is 0 Å². The first-order valence-corrected chi connectivity index (χ1v) is 7.39. The SMILES string of the molecule is NC(=O)c1ccc(CN2CCN(C3CNC3)CC2)c(F)c1. The molecule has 0 aromatic heterocycles. The predicted octanol–water partition coefficient (Wildman–Crippen LogP) is 0.0140. The van der Waals surface area contributed by atoms with Crippen LogP contribution in [-0.4, -0.2) is 61.0 Å². The van der Waals surface area contributed by atoms with Gasteiger partial charge in [-0.2, -0.15) is 0 Å². The van der Waals surface area contributed by atoms with Crippen molar-refractivity contribution < 1.29 is 9.18 Å². The smallest absolute Gasteiger partial charge is 0.248 e. The van der Waals surface area contributed by atoms with Gasteiger partial charge >= 0.3 is 0 Å². The van der Waals surface area contributed by atoms with E-state index in [4.69, 9.17) is 5.73 Å². The Labute approximate surface area is 123 Å². The maximum Gasteiger partial charge on any atom is 0.248 e. The monoisotopic (exact) mass is 292 g/mol. The van der Waals surface area contributed by atoms with Crippen LogP contribution in [-0.2, 0) is 6.54 Å². The van der Waals surface area contributed by atoms with Crippen LogP contribution in [0.25, 0.3) is 0 Å². The highest BCUT2D eigenvalue weighted by Crippen LogP contribution is 2.16. The third kappa shape index (κ3) is 3.23. The molecule has 3 rings (SSSR count). The lowest BCUT2D eigenvalue weighted by Gasteiger charge is -2.43. The van der Waals surface area contributed by atoms with Gasteiger partial charge in [-0.15, -0.1) is 0 Å². The van der Waals surface area contributed by atoms with E-state index in [-0.39, 0.29) is 11.4 Å². The molecule has 21 heavy (non-hydrogen) atoms. The van der Waals surface area contributed by atoms with Crippen LogP contribution >= 0.6 is 0 Å². The number of hydrogen-bond donors (Lipinski definition) is 2. The zero-order valence-electron chi connectivity index (χ0n) is 12.0. The largest absolute Gasteiger partial charge is 0.366 e. The van der Waals surface area contributed by atoms with Gasteiger partial charge in [-0.3, -0.25) is 14.6 Å². The van der Waals surface area contributed by atoms with Gasteiger partial charge in [0.05, 0.1) is 0 Å². The first kappa shape index (κ1) is 14.4. The lowest BCUT2D eigenvalue weighted by Crippen LogP contribution is -2.61. The summed E-state index contributed by atoms with van der Waals surface area (Å²) in [5, 5.41) is 3.29. The molecule has 3 N–H and O–H groups in total. The molecule has 0 radical (unpaired) electrons. The van der Waals surface area contributed by atoms with E-state index in [1.54, 1.807) is 12.1 Å². The number of nitrogens with one attached hydrogen (secondary N) is 1. The molecular weight excluding hydrogens is 271 g/mol. The number of carbonyl (C=O) groups is 1. The van der Waals surface area contributed by atoms with Gasteiger partial charge < -0.3 is 11.1 Å². The van der Waals surface area contributed by atoms with E-state index in [1.807, 2.05) is 0 Å². The van der Waals surface area contributed by atoms with Crippen molar-refractivity contribution >= 4 is 5.91 Å². The minimum Gasteiger partial charge on any atom is -0.366 e. The van der Waals surface area contributed by atoms with Crippen LogP contribution in [0.1, 0.15) is 15.9 Å². The van der Waals surface area contributed by atoms with Crippen LogP contribution in [0.3, 0.4) is 0 Å². The number of hydrogen-bond acceptors (Lipinski definition) is 4. The fourth-order valence-corrected chi connectivity index (χ4v) is 2.89. The Bertz CT molecular complexity index is 524. The fourth-order valence-electron chi connectivity index (χ4n) is 2.89. The molecule has 5 nitrogen and oxygen atoms in total. The second-order valence-electron chi connectivity index (χ2n) is 5.79. The maximum absolute atomic E-state index is 14.0. The van der Waals surface area contributed by atoms with Crippen molar-refractivity contribution in [3.63, 3.8) is 0 Å². The standard InChI is InChI=1S/C15H21FN4O/c16-14-7-11(15(17)21)1-2-12(14)10-19-3-5-20(6-4-19)13-8-18-9-13/h1-2,7,13,18H,3-6,8-10H2,(H2,17,21). The summed E-state index contributed by atoms with van der Waals surface area (Å²) in [7, 11) is 0. The molecule has 1 aromatic carbocycles. The number of primary amides is 1. The molecule has 2 fully saturated rings. The summed E-state index contributed by atoms with van der Waals surface area (Å²) in [5.41, 5.74) is 6.00. The maximum atomic E-state index is 14.0. The van der Waals surface area contributed by atoms with Crippen molar-refractivity contribution in [1.82, 2.24) is 15.1 Å². The third-order valence-corrected chi connectivity index (χ3v) is 4.41. The molecule has 2 heterocycles. The zero-order valence-corrected chi connectivity index (χ0v) is 12.0. The quantitative estimate of drug-likeness (QED) is 0.821. The highest BCUT2D eigenvalue weighted by molar-refractivity contribution is 5.92. The van der Waals surface area contributed by atoms with Crippen molar-refractivity contribution in [3.8, 4) is 0 Å². The summed E-state index contributed by atoms with van der Waals surface area (Å²) >= 11 is 0. The van der Waals surface area contributed by atoms with Crippen LogP contribution in [0.2, 0.25) is 0 Å². The second-order valence-corrected chi connectivity index (χ2v) is 5.79. The van der Waals surface area contributed by atoms with Crippen LogP contribution in [0.15, 0.2) is 18.2 Å². The van der Waals surface area contributed by atoms with Crippen LogP contribution in [0.4, 0.5) is 4.39 Å². The van der Waals surface area contributed by atoms with E-state index in [0.717, 1.165) is 39.3 Å². The van der Waals surface area contributed by atoms with Crippen molar-refractivity contribution in [2.45, 2.75) is 12.6 Å². The summed E-state index contributed by atoms with van der Waals surface area (Å²) in [6.07, 6.45) is 0. The summed E-state index contributed by atoms with van der Waals surface area (Å²) in [6, 6.07) is 5.17. The van der Waals surface area contributed by atoms with E-state index < -0.39 is 5.91 Å². The Morgan fingerprint density at radius 3 is 2.52 bits per heavy atom. The fraction of sp³-hybridized carbons (Fsp3) is 0.533. The average Bonchev–Trinajstić information content (AvgIpc) is 2.41. The summed E-state index contributed by atoms with van der Waals surface area (Å²) in [4.78, 5) is 15.8. The molecule has 6 heteroatoms. The van der Waals surface area contributed by atoms with E-state index in [2.05, 4.69) is 15.1 Å². The van der Waals surface area contributed by atoms with Crippen LogP contribution in [0.5, 0.6) is 0 Å². The molecule has 0 atom stereocenters. The van der Waals surface area contributed by atoms with Crippen molar-refractivity contribution in [3.05, 3.63) is 35.1 Å². The molecule has 0 aliphatic carbocycles. The van der Waals surface area contributed by atoms with Gasteiger partial charge in [0.2, 0.25) is 5.91 Å². The second kappa shape index (κ2) is 6.09. The van der Waals surface area contributed by atoms with Crippen molar-refractivity contribution in [2.24, 2.45) is 5.73 Å². The number of rotatable bonds is 4. The molecular formula is C15H21FN4O. The average molecular weight is 292 g/mol. The lowest BCUT2D eigenvalue weighted by atomic mass is 10.1. The number of benzene rings is 1. The van der Waals surface area contributed by atoms with Gasteiger partial charge in [0.1, 0.15) is 5.82 Å². The molecule has 2 aliphatic rings. The number of carbonyl (C=O) groups excluding carboxylic acids is 1. The van der Waals surface area contributed by atoms with Gasteiger partial charge in [0, 0.05) is 63.0 Å². The highest BCUT2D eigenvalue weighted by atomic mass is 19.1. The highest BCUT2D eigenvalue weighted by Gasteiger charge is 2.27. The first-order chi connectivity index (χ1) is 10.1.